The van der Waals surface area contributed by atoms with E-state index in [1.54, 1.807) is 6.92 Å². The first kappa shape index (κ1) is 11.4. The molecule has 1 amide bonds. The van der Waals surface area contributed by atoms with E-state index in [0.717, 1.165) is 16.9 Å². The van der Waals surface area contributed by atoms with E-state index >= 15 is 0 Å². The average molecular weight is 229 g/mol. The van der Waals surface area contributed by atoms with Crippen LogP contribution in [0.1, 0.15) is 12.7 Å². The van der Waals surface area contributed by atoms with Gasteiger partial charge in [-0.1, -0.05) is 18.7 Å². The van der Waals surface area contributed by atoms with Crippen LogP contribution >= 0.6 is 0 Å². The molecule has 0 aliphatic rings. The van der Waals surface area contributed by atoms with Gasteiger partial charge in [-0.2, -0.15) is 0 Å². The first-order valence-corrected chi connectivity index (χ1v) is 5.43. The fourth-order valence-corrected chi connectivity index (χ4v) is 1.66. The third-order valence-electron chi connectivity index (χ3n) is 2.67. The van der Waals surface area contributed by atoms with Crippen molar-refractivity contribution in [3.05, 3.63) is 42.2 Å². The lowest BCUT2D eigenvalue weighted by Gasteiger charge is -2.04. The lowest BCUT2D eigenvalue weighted by atomic mass is 10.3. The molecule has 0 bridgehead atoms. The van der Waals surface area contributed by atoms with Gasteiger partial charge in [0.15, 0.2) is 0 Å². The summed E-state index contributed by atoms with van der Waals surface area (Å²) >= 11 is 0. The van der Waals surface area contributed by atoms with Crippen LogP contribution in [0, 0.1) is 0 Å². The van der Waals surface area contributed by atoms with Crippen LogP contribution in [-0.4, -0.2) is 15.5 Å². The summed E-state index contributed by atoms with van der Waals surface area (Å²) in [6, 6.07) is 7.89. The van der Waals surface area contributed by atoms with Gasteiger partial charge in [0.25, 0.3) is 0 Å². The van der Waals surface area contributed by atoms with Crippen LogP contribution in [0.25, 0.3) is 11.0 Å². The van der Waals surface area contributed by atoms with E-state index in [2.05, 4.69) is 16.9 Å². The fraction of sp³-hybridized carbons (Fsp3) is 0.231. The number of hydrogen-bond donors (Lipinski definition) is 1. The van der Waals surface area contributed by atoms with Crippen LogP contribution in [0.5, 0.6) is 0 Å². The number of imidazole rings is 1. The maximum Gasteiger partial charge on any atom is 0.246 e. The molecule has 88 valence electrons. The minimum absolute atomic E-state index is 0.142. The van der Waals surface area contributed by atoms with Gasteiger partial charge in [0, 0.05) is 12.6 Å². The molecule has 4 nitrogen and oxygen atoms in total. The Kier molecular flexibility index (Phi) is 2.95. The molecule has 2 aromatic rings. The number of aromatic nitrogens is 2. The van der Waals surface area contributed by atoms with Crippen molar-refractivity contribution in [2.24, 2.45) is 7.05 Å². The van der Waals surface area contributed by atoms with Gasteiger partial charge in [0.2, 0.25) is 5.91 Å². The highest BCUT2D eigenvalue weighted by molar-refractivity contribution is 5.92. The van der Waals surface area contributed by atoms with Crippen molar-refractivity contribution in [1.82, 2.24) is 14.9 Å². The minimum Gasteiger partial charge on any atom is -0.345 e. The number of rotatable bonds is 3. The smallest absolute Gasteiger partial charge is 0.246 e. The van der Waals surface area contributed by atoms with Gasteiger partial charge in [0.1, 0.15) is 5.82 Å². The standard InChI is InChI=1S/C13H15N3O/c1-9(2)13(17)14-8-12-15-10-6-4-5-7-11(10)16(12)3/h4-7H,1,8H2,2-3H3,(H,14,17). The lowest BCUT2D eigenvalue weighted by molar-refractivity contribution is -0.117. The fourth-order valence-electron chi connectivity index (χ4n) is 1.66. The number of aryl methyl sites for hydroxylation is 1. The Balaban J connectivity index is 2.22. The van der Waals surface area contributed by atoms with Crippen LogP contribution < -0.4 is 5.32 Å². The summed E-state index contributed by atoms with van der Waals surface area (Å²) in [4.78, 5) is 15.9. The van der Waals surface area contributed by atoms with Gasteiger partial charge < -0.3 is 9.88 Å². The quantitative estimate of drug-likeness (QED) is 0.815. The molecule has 17 heavy (non-hydrogen) atoms. The zero-order chi connectivity index (χ0) is 12.4. The zero-order valence-electron chi connectivity index (χ0n) is 10.0. The molecule has 0 atom stereocenters. The third kappa shape index (κ3) is 2.20. The van der Waals surface area contributed by atoms with Gasteiger partial charge in [0.05, 0.1) is 17.6 Å². The van der Waals surface area contributed by atoms with Crippen LogP contribution in [0.3, 0.4) is 0 Å². The van der Waals surface area contributed by atoms with Gasteiger partial charge in [-0.3, -0.25) is 4.79 Å². The van der Waals surface area contributed by atoms with Crippen LogP contribution in [-0.2, 0) is 18.4 Å². The van der Waals surface area contributed by atoms with Crippen molar-refractivity contribution in [2.75, 3.05) is 0 Å². The molecule has 0 aliphatic carbocycles. The summed E-state index contributed by atoms with van der Waals surface area (Å²) in [5.74, 6) is 0.692. The summed E-state index contributed by atoms with van der Waals surface area (Å²) in [6.45, 7) is 5.69. The molecule has 0 unspecified atom stereocenters. The summed E-state index contributed by atoms with van der Waals surface area (Å²) < 4.78 is 1.98. The maximum absolute atomic E-state index is 11.4. The average Bonchev–Trinajstić information content (AvgIpc) is 2.64. The first-order chi connectivity index (χ1) is 8.09. The van der Waals surface area contributed by atoms with Crippen LogP contribution in [0.2, 0.25) is 0 Å². The molecule has 1 aromatic carbocycles. The van der Waals surface area contributed by atoms with Crippen molar-refractivity contribution < 1.29 is 4.79 Å². The van der Waals surface area contributed by atoms with E-state index in [1.807, 2.05) is 35.9 Å². The van der Waals surface area contributed by atoms with Crippen molar-refractivity contribution in [3.8, 4) is 0 Å². The summed E-state index contributed by atoms with van der Waals surface area (Å²) in [5, 5.41) is 2.78. The highest BCUT2D eigenvalue weighted by Crippen LogP contribution is 2.13. The van der Waals surface area contributed by atoms with E-state index in [4.69, 9.17) is 0 Å². The number of carbonyl (C=O) groups is 1. The third-order valence-corrected chi connectivity index (χ3v) is 2.67. The molecule has 2 rings (SSSR count). The monoisotopic (exact) mass is 229 g/mol. The molecular formula is C13H15N3O. The van der Waals surface area contributed by atoms with Gasteiger partial charge in [-0.15, -0.1) is 0 Å². The molecule has 0 saturated carbocycles. The Hall–Kier alpha value is -2.10. The highest BCUT2D eigenvalue weighted by Gasteiger charge is 2.08. The van der Waals surface area contributed by atoms with Gasteiger partial charge >= 0.3 is 0 Å². The molecule has 0 spiro atoms. The van der Waals surface area contributed by atoms with Crippen LogP contribution in [0.15, 0.2) is 36.4 Å². The van der Waals surface area contributed by atoms with Crippen molar-refractivity contribution in [3.63, 3.8) is 0 Å². The zero-order valence-corrected chi connectivity index (χ0v) is 10.0. The Morgan fingerprint density at radius 2 is 2.18 bits per heavy atom. The predicted molar refractivity (Wildman–Crippen MR) is 67.4 cm³/mol. The Morgan fingerprint density at radius 1 is 1.47 bits per heavy atom. The number of para-hydroxylation sites is 2. The second-order valence-corrected chi connectivity index (χ2v) is 4.04. The Morgan fingerprint density at radius 3 is 2.82 bits per heavy atom. The van der Waals surface area contributed by atoms with E-state index in [1.165, 1.54) is 0 Å². The molecule has 1 heterocycles. The van der Waals surface area contributed by atoms with E-state index in [0.29, 0.717) is 12.1 Å². The molecule has 0 radical (unpaired) electrons. The molecular weight excluding hydrogens is 214 g/mol. The van der Waals surface area contributed by atoms with Crippen molar-refractivity contribution in [1.29, 1.82) is 0 Å². The molecule has 1 N–H and O–H groups in total. The second-order valence-electron chi connectivity index (χ2n) is 4.04. The number of hydrogen-bond acceptors (Lipinski definition) is 2. The topological polar surface area (TPSA) is 46.9 Å². The number of carbonyl (C=O) groups excluding carboxylic acids is 1. The Bertz CT molecular complexity index is 583. The normalized spacial score (nSPS) is 10.5. The summed E-state index contributed by atoms with van der Waals surface area (Å²) in [6.07, 6.45) is 0. The van der Waals surface area contributed by atoms with E-state index < -0.39 is 0 Å². The minimum atomic E-state index is -0.142. The lowest BCUT2D eigenvalue weighted by Crippen LogP contribution is -2.24. The molecule has 0 aliphatic heterocycles. The van der Waals surface area contributed by atoms with Crippen molar-refractivity contribution >= 4 is 16.9 Å². The number of nitrogens with one attached hydrogen (secondary N) is 1. The predicted octanol–water partition coefficient (Wildman–Crippen LogP) is 1.77. The number of benzene rings is 1. The van der Waals surface area contributed by atoms with E-state index in [9.17, 15) is 4.79 Å². The molecule has 0 fully saturated rings. The summed E-state index contributed by atoms with van der Waals surface area (Å²) in [7, 11) is 1.94. The maximum atomic E-state index is 11.4. The van der Waals surface area contributed by atoms with Gasteiger partial charge in [-0.25, -0.2) is 4.98 Å². The molecule has 4 heteroatoms. The first-order valence-electron chi connectivity index (χ1n) is 5.43. The van der Waals surface area contributed by atoms with E-state index in [-0.39, 0.29) is 5.91 Å². The molecule has 0 saturated heterocycles. The van der Waals surface area contributed by atoms with Gasteiger partial charge in [-0.05, 0) is 19.1 Å². The number of nitrogens with zero attached hydrogens (tertiary/aromatic N) is 2. The highest BCUT2D eigenvalue weighted by atomic mass is 16.1. The summed E-state index contributed by atoms with van der Waals surface area (Å²) in [5.41, 5.74) is 2.51. The largest absolute Gasteiger partial charge is 0.345 e. The Labute approximate surface area is 100.0 Å². The second kappa shape index (κ2) is 4.41. The number of amides is 1. The van der Waals surface area contributed by atoms with Crippen LogP contribution in [0.4, 0.5) is 0 Å². The van der Waals surface area contributed by atoms with Crippen molar-refractivity contribution in [2.45, 2.75) is 13.5 Å². The molecule has 1 aromatic heterocycles. The number of fused-ring (bicyclic) bond motifs is 1. The SMILES string of the molecule is C=C(C)C(=O)NCc1nc2ccccc2n1C.